The number of hydrogen-bond acceptors (Lipinski definition) is 4. The molecule has 2 aromatic heterocycles. The number of guanidine groups is 1. The van der Waals surface area contributed by atoms with Crippen LogP contribution in [0.1, 0.15) is 58.5 Å². The Bertz CT molecular complexity index is 653. The molecule has 0 aliphatic carbocycles. The number of oxazole rings is 1. The molecule has 2 rings (SSSR count). The minimum atomic E-state index is -0.0476. The standard InChI is InChI=1S/C19H30N4O2/c1-6-14(2)23-18(20-10-9-15-8-7-11-24-15)22-13-17-21-12-16(25-17)19(3,4)5/h7-8,11-12,14H,6,9-10,13H2,1-5H3,(H2,20,22,23). The summed E-state index contributed by atoms with van der Waals surface area (Å²) in [6.07, 6.45) is 5.31. The van der Waals surface area contributed by atoms with Crippen molar-refractivity contribution in [2.75, 3.05) is 6.54 Å². The summed E-state index contributed by atoms with van der Waals surface area (Å²) in [5.74, 6) is 3.22. The first-order valence-electron chi connectivity index (χ1n) is 8.91. The maximum absolute atomic E-state index is 5.80. The highest BCUT2D eigenvalue weighted by atomic mass is 16.4. The van der Waals surface area contributed by atoms with Gasteiger partial charge in [-0.15, -0.1) is 0 Å². The highest BCUT2D eigenvalue weighted by Crippen LogP contribution is 2.22. The number of nitrogens with one attached hydrogen (secondary N) is 2. The fourth-order valence-corrected chi connectivity index (χ4v) is 2.12. The molecule has 25 heavy (non-hydrogen) atoms. The molecular weight excluding hydrogens is 316 g/mol. The first-order chi connectivity index (χ1) is 11.9. The zero-order valence-electron chi connectivity index (χ0n) is 15.9. The van der Waals surface area contributed by atoms with E-state index in [2.05, 4.69) is 55.2 Å². The highest BCUT2D eigenvalue weighted by Gasteiger charge is 2.19. The molecule has 0 saturated heterocycles. The van der Waals surface area contributed by atoms with Gasteiger partial charge in [0.15, 0.2) is 5.96 Å². The van der Waals surface area contributed by atoms with Gasteiger partial charge in [-0.1, -0.05) is 27.7 Å². The van der Waals surface area contributed by atoms with E-state index >= 15 is 0 Å². The van der Waals surface area contributed by atoms with Crippen molar-refractivity contribution < 1.29 is 8.83 Å². The Balaban J connectivity index is 1.95. The molecule has 2 N–H and O–H groups in total. The van der Waals surface area contributed by atoms with Crippen molar-refractivity contribution in [3.63, 3.8) is 0 Å². The molecule has 0 amide bonds. The second-order valence-corrected chi connectivity index (χ2v) is 7.24. The summed E-state index contributed by atoms with van der Waals surface area (Å²) in [6.45, 7) is 11.7. The molecule has 0 bridgehead atoms. The van der Waals surface area contributed by atoms with Crippen molar-refractivity contribution >= 4 is 5.96 Å². The first kappa shape index (κ1) is 19.1. The zero-order valence-corrected chi connectivity index (χ0v) is 15.9. The van der Waals surface area contributed by atoms with Gasteiger partial charge in [-0.2, -0.15) is 0 Å². The molecule has 1 atom stereocenters. The quantitative estimate of drug-likeness (QED) is 0.591. The lowest BCUT2D eigenvalue weighted by Crippen LogP contribution is -2.42. The summed E-state index contributed by atoms with van der Waals surface area (Å²) in [6, 6.07) is 4.21. The van der Waals surface area contributed by atoms with Crippen LogP contribution in [0.25, 0.3) is 0 Å². The van der Waals surface area contributed by atoms with Gasteiger partial charge in [0.1, 0.15) is 18.1 Å². The molecule has 6 nitrogen and oxygen atoms in total. The third-order valence-electron chi connectivity index (χ3n) is 3.90. The average molecular weight is 346 g/mol. The smallest absolute Gasteiger partial charge is 0.216 e. The van der Waals surface area contributed by atoms with Crippen molar-refractivity contribution in [1.29, 1.82) is 0 Å². The summed E-state index contributed by atoms with van der Waals surface area (Å²) in [5.41, 5.74) is -0.0476. The van der Waals surface area contributed by atoms with Crippen molar-refractivity contribution in [2.45, 2.75) is 65.5 Å². The van der Waals surface area contributed by atoms with Crippen molar-refractivity contribution in [2.24, 2.45) is 4.99 Å². The summed E-state index contributed by atoms with van der Waals surface area (Å²) in [7, 11) is 0. The molecule has 0 aliphatic heterocycles. The minimum Gasteiger partial charge on any atom is -0.469 e. The lowest BCUT2D eigenvalue weighted by molar-refractivity contribution is 0.383. The Morgan fingerprint density at radius 3 is 2.76 bits per heavy atom. The molecule has 0 saturated carbocycles. The van der Waals surface area contributed by atoms with E-state index in [9.17, 15) is 0 Å². The Morgan fingerprint density at radius 2 is 2.16 bits per heavy atom. The summed E-state index contributed by atoms with van der Waals surface area (Å²) in [5, 5.41) is 6.73. The van der Waals surface area contributed by atoms with Gasteiger partial charge in [0.2, 0.25) is 5.89 Å². The van der Waals surface area contributed by atoms with E-state index in [1.165, 1.54) is 0 Å². The highest BCUT2D eigenvalue weighted by molar-refractivity contribution is 5.80. The van der Waals surface area contributed by atoms with Gasteiger partial charge in [0.05, 0.1) is 12.5 Å². The average Bonchev–Trinajstić information content (AvgIpc) is 3.23. The van der Waals surface area contributed by atoms with Crippen LogP contribution in [0.4, 0.5) is 0 Å². The molecule has 0 spiro atoms. The van der Waals surface area contributed by atoms with Crippen molar-refractivity contribution in [1.82, 2.24) is 15.6 Å². The monoisotopic (exact) mass is 346 g/mol. The number of aliphatic imine (C=N–C) groups is 1. The molecule has 0 radical (unpaired) electrons. The van der Waals surface area contributed by atoms with Gasteiger partial charge < -0.3 is 19.5 Å². The van der Waals surface area contributed by atoms with Crippen LogP contribution in [0.15, 0.2) is 38.4 Å². The predicted molar refractivity (Wildman–Crippen MR) is 99.6 cm³/mol. The topological polar surface area (TPSA) is 75.6 Å². The zero-order chi connectivity index (χ0) is 18.3. The minimum absolute atomic E-state index is 0.0476. The van der Waals surface area contributed by atoms with Crippen molar-refractivity contribution in [3.05, 3.63) is 42.0 Å². The molecule has 138 valence electrons. The third kappa shape index (κ3) is 6.29. The maximum Gasteiger partial charge on any atom is 0.216 e. The van der Waals surface area contributed by atoms with Crippen LogP contribution >= 0.6 is 0 Å². The van der Waals surface area contributed by atoms with E-state index in [0.29, 0.717) is 18.5 Å². The first-order valence-corrected chi connectivity index (χ1v) is 8.91. The molecule has 2 aromatic rings. The van der Waals surface area contributed by atoms with Gasteiger partial charge in [0.25, 0.3) is 0 Å². The van der Waals surface area contributed by atoms with E-state index < -0.39 is 0 Å². The van der Waals surface area contributed by atoms with Gasteiger partial charge in [0, 0.05) is 24.4 Å². The fraction of sp³-hybridized carbons (Fsp3) is 0.579. The van der Waals surface area contributed by atoms with Crippen LogP contribution in [0, 0.1) is 0 Å². The Morgan fingerprint density at radius 1 is 1.36 bits per heavy atom. The molecule has 2 heterocycles. The second kappa shape index (κ2) is 8.74. The van der Waals surface area contributed by atoms with Crippen molar-refractivity contribution in [3.8, 4) is 0 Å². The Hall–Kier alpha value is -2.24. The summed E-state index contributed by atoms with van der Waals surface area (Å²) < 4.78 is 11.2. The predicted octanol–water partition coefficient (Wildman–Crippen LogP) is 3.64. The summed E-state index contributed by atoms with van der Waals surface area (Å²) in [4.78, 5) is 8.93. The SMILES string of the molecule is CCC(C)NC(=NCc1ncc(C(C)(C)C)o1)NCCc1ccco1. The van der Waals surface area contributed by atoms with E-state index in [0.717, 1.165) is 36.9 Å². The molecule has 0 fully saturated rings. The largest absolute Gasteiger partial charge is 0.469 e. The van der Waals surface area contributed by atoms with Crippen LogP contribution in [0.5, 0.6) is 0 Å². The lowest BCUT2D eigenvalue weighted by atomic mass is 9.94. The molecule has 6 heteroatoms. The number of furan rings is 1. The Labute approximate surface area is 150 Å². The van der Waals surface area contributed by atoms with E-state index in [1.54, 1.807) is 12.5 Å². The van der Waals surface area contributed by atoms with Crippen LogP contribution in [0.3, 0.4) is 0 Å². The summed E-state index contributed by atoms with van der Waals surface area (Å²) >= 11 is 0. The number of rotatable bonds is 7. The van der Waals surface area contributed by atoms with Crippen LogP contribution in [-0.4, -0.2) is 23.5 Å². The molecule has 1 unspecified atom stereocenters. The number of aromatic nitrogens is 1. The van der Waals surface area contributed by atoms with E-state index in [4.69, 9.17) is 8.83 Å². The van der Waals surface area contributed by atoms with E-state index in [1.807, 2.05) is 12.1 Å². The molecule has 0 aliphatic rings. The third-order valence-corrected chi connectivity index (χ3v) is 3.90. The van der Waals surface area contributed by atoms with Gasteiger partial charge in [-0.25, -0.2) is 9.98 Å². The van der Waals surface area contributed by atoms with Crippen LogP contribution in [0.2, 0.25) is 0 Å². The Kier molecular flexibility index (Phi) is 6.67. The number of nitrogens with zero attached hydrogens (tertiary/aromatic N) is 2. The maximum atomic E-state index is 5.80. The van der Waals surface area contributed by atoms with Gasteiger partial charge >= 0.3 is 0 Å². The fourth-order valence-electron chi connectivity index (χ4n) is 2.12. The second-order valence-electron chi connectivity index (χ2n) is 7.24. The lowest BCUT2D eigenvalue weighted by Gasteiger charge is -2.16. The normalized spacial score (nSPS) is 13.7. The van der Waals surface area contributed by atoms with Gasteiger partial charge in [-0.3, -0.25) is 0 Å². The van der Waals surface area contributed by atoms with E-state index in [-0.39, 0.29) is 5.41 Å². The number of hydrogen-bond donors (Lipinski definition) is 2. The van der Waals surface area contributed by atoms with Crippen LogP contribution in [-0.2, 0) is 18.4 Å². The molecular formula is C19H30N4O2. The van der Waals surface area contributed by atoms with Crippen LogP contribution < -0.4 is 10.6 Å². The van der Waals surface area contributed by atoms with Gasteiger partial charge in [-0.05, 0) is 25.5 Å². The molecule has 0 aromatic carbocycles.